The van der Waals surface area contributed by atoms with Gasteiger partial charge in [-0.2, -0.15) is 9.97 Å². The summed E-state index contributed by atoms with van der Waals surface area (Å²) in [5, 5.41) is 1.17. The lowest BCUT2D eigenvalue weighted by Gasteiger charge is -2.14. The van der Waals surface area contributed by atoms with Crippen molar-refractivity contribution in [3.8, 4) is 5.69 Å². The highest BCUT2D eigenvalue weighted by atomic mass is 79.9. The average Bonchev–Trinajstić information content (AvgIpc) is 2.55. The number of rotatable bonds is 2. The van der Waals surface area contributed by atoms with Crippen LogP contribution in [0.15, 0.2) is 39.0 Å². The zero-order valence-electron chi connectivity index (χ0n) is 12.5. The molecule has 24 heavy (non-hydrogen) atoms. The van der Waals surface area contributed by atoms with Gasteiger partial charge in [0.2, 0.25) is 0 Å². The minimum absolute atomic E-state index is 0.159. The molecule has 0 aliphatic heterocycles. The van der Waals surface area contributed by atoms with E-state index in [0.717, 1.165) is 5.56 Å². The SMILES string of the molecule is Cc1ccc(Cl)c(-n2cc(Br)c3nc([S+](C)[O-])ncc3c2=O)c1Cl. The lowest BCUT2D eigenvalue weighted by atomic mass is 10.2. The lowest BCUT2D eigenvalue weighted by molar-refractivity contribution is 0.592. The Bertz CT molecular complexity index is 1020. The Kier molecular flexibility index (Phi) is 4.90. The van der Waals surface area contributed by atoms with E-state index in [0.29, 0.717) is 25.7 Å². The minimum Gasteiger partial charge on any atom is -0.609 e. The second-order valence-electron chi connectivity index (χ2n) is 5.05. The van der Waals surface area contributed by atoms with Crippen LogP contribution in [0.5, 0.6) is 0 Å². The number of hydrogen-bond donors (Lipinski definition) is 0. The second kappa shape index (κ2) is 6.65. The number of hydrogen-bond acceptors (Lipinski definition) is 4. The van der Waals surface area contributed by atoms with Crippen LogP contribution in [0.2, 0.25) is 10.0 Å². The van der Waals surface area contributed by atoms with E-state index in [1.54, 1.807) is 18.3 Å². The van der Waals surface area contributed by atoms with Crippen LogP contribution in [-0.2, 0) is 11.2 Å². The molecule has 9 heteroatoms. The summed E-state index contributed by atoms with van der Waals surface area (Å²) >= 11 is 14.6. The topological polar surface area (TPSA) is 70.8 Å². The fourth-order valence-corrected chi connectivity index (χ4v) is 3.72. The molecule has 2 aromatic heterocycles. The molecule has 0 saturated heterocycles. The fraction of sp³-hybridized carbons (Fsp3) is 0.133. The van der Waals surface area contributed by atoms with Gasteiger partial charge in [0.1, 0.15) is 11.8 Å². The molecule has 0 spiro atoms. The van der Waals surface area contributed by atoms with E-state index in [9.17, 15) is 9.35 Å². The number of pyridine rings is 1. The Balaban J connectivity index is 2.37. The fourth-order valence-electron chi connectivity index (χ4n) is 2.23. The summed E-state index contributed by atoms with van der Waals surface area (Å²) in [5.41, 5.74) is 1.22. The number of aryl methyl sites for hydroxylation is 1. The minimum atomic E-state index is -1.35. The van der Waals surface area contributed by atoms with E-state index >= 15 is 0 Å². The van der Waals surface area contributed by atoms with Crippen LogP contribution in [0.25, 0.3) is 16.6 Å². The second-order valence-corrected chi connectivity index (χ2v) is 7.96. The summed E-state index contributed by atoms with van der Waals surface area (Å²) in [6.45, 7) is 1.83. The molecule has 1 unspecified atom stereocenters. The van der Waals surface area contributed by atoms with Crippen molar-refractivity contribution in [3.63, 3.8) is 0 Å². The monoisotopic (exact) mass is 445 g/mol. The molecular formula is C15H10BrCl2N3O2S. The van der Waals surface area contributed by atoms with Crippen molar-refractivity contribution in [2.24, 2.45) is 0 Å². The largest absolute Gasteiger partial charge is 0.609 e. The van der Waals surface area contributed by atoms with Gasteiger partial charge >= 0.3 is 5.16 Å². The molecular weight excluding hydrogens is 437 g/mol. The number of nitrogens with zero attached hydrogens (tertiary/aromatic N) is 3. The molecule has 5 nitrogen and oxygen atoms in total. The smallest absolute Gasteiger partial charge is 0.343 e. The first-order valence-electron chi connectivity index (χ1n) is 6.67. The summed E-state index contributed by atoms with van der Waals surface area (Å²) in [6.07, 6.45) is 4.38. The van der Waals surface area contributed by atoms with Gasteiger partial charge in [0.15, 0.2) is 0 Å². The summed E-state index contributed by atoms with van der Waals surface area (Å²) in [7, 11) is 0. The maximum absolute atomic E-state index is 12.8. The summed E-state index contributed by atoms with van der Waals surface area (Å²) < 4.78 is 13.5. The molecule has 0 aliphatic rings. The van der Waals surface area contributed by atoms with Crippen molar-refractivity contribution < 1.29 is 4.55 Å². The average molecular weight is 447 g/mol. The van der Waals surface area contributed by atoms with Crippen LogP contribution in [0.3, 0.4) is 0 Å². The molecule has 0 fully saturated rings. The highest BCUT2D eigenvalue weighted by Gasteiger charge is 2.18. The van der Waals surface area contributed by atoms with Gasteiger partial charge in [-0.15, -0.1) is 0 Å². The normalized spacial score (nSPS) is 12.6. The van der Waals surface area contributed by atoms with Crippen molar-refractivity contribution in [3.05, 3.63) is 55.0 Å². The zero-order valence-corrected chi connectivity index (χ0v) is 16.4. The Morgan fingerprint density at radius 3 is 2.71 bits per heavy atom. The first-order valence-corrected chi connectivity index (χ1v) is 9.78. The van der Waals surface area contributed by atoms with Crippen LogP contribution < -0.4 is 5.56 Å². The zero-order chi connectivity index (χ0) is 17.6. The van der Waals surface area contributed by atoms with Gasteiger partial charge in [-0.3, -0.25) is 9.36 Å². The molecule has 0 saturated carbocycles. The molecule has 124 valence electrons. The van der Waals surface area contributed by atoms with Gasteiger partial charge in [-0.05, 0) is 34.5 Å². The molecule has 1 aromatic carbocycles. The van der Waals surface area contributed by atoms with Crippen molar-refractivity contribution in [2.45, 2.75) is 12.1 Å². The molecule has 0 bridgehead atoms. The first kappa shape index (κ1) is 17.7. The molecule has 0 N–H and O–H groups in total. The van der Waals surface area contributed by atoms with Crippen molar-refractivity contribution in [2.75, 3.05) is 6.26 Å². The Morgan fingerprint density at radius 2 is 2.04 bits per heavy atom. The predicted molar refractivity (Wildman–Crippen MR) is 99.9 cm³/mol. The van der Waals surface area contributed by atoms with Crippen molar-refractivity contribution in [1.29, 1.82) is 0 Å². The third-order valence-electron chi connectivity index (χ3n) is 3.44. The van der Waals surface area contributed by atoms with Crippen LogP contribution >= 0.6 is 39.1 Å². The van der Waals surface area contributed by atoms with Crippen LogP contribution in [-0.4, -0.2) is 25.3 Å². The molecule has 2 heterocycles. The molecule has 3 rings (SSSR count). The van der Waals surface area contributed by atoms with Gasteiger partial charge in [0, 0.05) is 23.6 Å². The highest BCUT2D eigenvalue weighted by Crippen LogP contribution is 2.32. The summed E-state index contributed by atoms with van der Waals surface area (Å²) in [4.78, 5) is 21.0. The van der Waals surface area contributed by atoms with Gasteiger partial charge in [0.25, 0.3) is 5.56 Å². The van der Waals surface area contributed by atoms with E-state index in [-0.39, 0.29) is 16.1 Å². The van der Waals surface area contributed by atoms with Gasteiger partial charge in [0.05, 0.1) is 25.6 Å². The van der Waals surface area contributed by atoms with Gasteiger partial charge in [-0.25, -0.2) is 0 Å². The Labute approximate surface area is 158 Å². The van der Waals surface area contributed by atoms with E-state index in [4.69, 9.17) is 23.2 Å². The summed E-state index contributed by atoms with van der Waals surface area (Å²) in [6, 6.07) is 3.46. The van der Waals surface area contributed by atoms with Crippen LogP contribution in [0, 0.1) is 6.92 Å². The molecule has 1 atom stereocenters. The molecule has 0 amide bonds. The Morgan fingerprint density at radius 1 is 1.33 bits per heavy atom. The van der Waals surface area contributed by atoms with Crippen molar-refractivity contribution >= 4 is 61.2 Å². The third-order valence-corrected chi connectivity index (χ3v) is 5.52. The molecule has 3 aromatic rings. The van der Waals surface area contributed by atoms with E-state index in [1.807, 2.05) is 6.92 Å². The predicted octanol–water partition coefficient (Wildman–Crippen LogP) is 3.90. The number of aromatic nitrogens is 3. The van der Waals surface area contributed by atoms with Crippen LogP contribution in [0.1, 0.15) is 5.56 Å². The first-order chi connectivity index (χ1) is 11.3. The maximum atomic E-state index is 12.8. The number of fused-ring (bicyclic) bond motifs is 1. The van der Waals surface area contributed by atoms with Crippen molar-refractivity contribution in [1.82, 2.24) is 14.5 Å². The van der Waals surface area contributed by atoms with E-state index < -0.39 is 11.2 Å². The quantitative estimate of drug-likeness (QED) is 0.442. The van der Waals surface area contributed by atoms with Gasteiger partial charge in [-0.1, -0.05) is 29.3 Å². The lowest BCUT2D eigenvalue weighted by Crippen LogP contribution is -2.20. The standard InChI is InChI=1S/C15H10BrCl2N3O2S/c1-7-3-4-10(17)13(11(7)18)21-6-9(16)12-8(14(21)22)5-19-15(20-12)24(2)23/h3-6H,1-2H3. The van der Waals surface area contributed by atoms with E-state index in [2.05, 4.69) is 25.9 Å². The molecule has 0 radical (unpaired) electrons. The Hall–Kier alpha value is -1.12. The van der Waals surface area contributed by atoms with Crippen LogP contribution in [0.4, 0.5) is 0 Å². The van der Waals surface area contributed by atoms with Gasteiger partial charge < -0.3 is 4.55 Å². The maximum Gasteiger partial charge on any atom is 0.343 e. The number of benzene rings is 1. The van der Waals surface area contributed by atoms with E-state index in [1.165, 1.54) is 17.0 Å². The summed E-state index contributed by atoms with van der Waals surface area (Å²) in [5.74, 6) is 0. The molecule has 0 aliphatic carbocycles. The highest BCUT2D eigenvalue weighted by molar-refractivity contribution is 9.10. The third kappa shape index (κ3) is 2.95. The number of halogens is 3.